The van der Waals surface area contributed by atoms with Gasteiger partial charge in [0.1, 0.15) is 5.75 Å². The first kappa shape index (κ1) is 26.2. The molecule has 2 heterocycles. The maximum Gasteiger partial charge on any atom is 0.260 e. The van der Waals surface area contributed by atoms with Gasteiger partial charge in [0.05, 0.1) is 6.04 Å². The molecule has 1 aliphatic heterocycles. The molecular weight excluding hydrogens is 486 g/mol. The summed E-state index contributed by atoms with van der Waals surface area (Å²) in [6.07, 6.45) is 2.48. The van der Waals surface area contributed by atoms with Gasteiger partial charge in [0, 0.05) is 37.0 Å². The van der Waals surface area contributed by atoms with Crippen molar-refractivity contribution in [3.8, 4) is 5.75 Å². The molecule has 2 atom stereocenters. The Morgan fingerprint density at radius 2 is 1.82 bits per heavy atom. The Balaban J connectivity index is 1.37. The Bertz CT molecular complexity index is 1440. The Hall–Kier alpha value is -4.45. The average molecular weight is 520 g/mol. The van der Waals surface area contributed by atoms with Crippen LogP contribution < -0.4 is 10.1 Å². The van der Waals surface area contributed by atoms with E-state index in [1.54, 1.807) is 13.1 Å². The zero-order valence-electron chi connectivity index (χ0n) is 22.3. The number of benzene rings is 3. The molecule has 0 spiro atoms. The summed E-state index contributed by atoms with van der Waals surface area (Å²) >= 11 is 0. The van der Waals surface area contributed by atoms with Gasteiger partial charge in [0.2, 0.25) is 0 Å². The van der Waals surface area contributed by atoms with E-state index >= 15 is 0 Å². The van der Waals surface area contributed by atoms with E-state index in [4.69, 9.17) is 4.74 Å². The molecule has 0 saturated carbocycles. The van der Waals surface area contributed by atoms with Crippen molar-refractivity contribution >= 4 is 11.8 Å². The second-order valence-electron chi connectivity index (χ2n) is 9.91. The largest absolute Gasteiger partial charge is 0.481 e. The van der Waals surface area contributed by atoms with Gasteiger partial charge >= 0.3 is 0 Å². The molecule has 0 bridgehead atoms. The summed E-state index contributed by atoms with van der Waals surface area (Å²) in [5, 5.41) is 2.94. The number of pyridine rings is 1. The monoisotopic (exact) mass is 519 g/mol. The smallest absolute Gasteiger partial charge is 0.260 e. The molecule has 1 N–H and O–H groups in total. The van der Waals surface area contributed by atoms with Crippen molar-refractivity contribution in [1.82, 2.24) is 15.2 Å². The molecule has 3 aromatic carbocycles. The van der Waals surface area contributed by atoms with Gasteiger partial charge in [-0.05, 0) is 73.4 Å². The zero-order chi connectivity index (χ0) is 27.2. The number of carbonyl (C=O) groups is 2. The van der Waals surface area contributed by atoms with Gasteiger partial charge in [-0.15, -0.1) is 0 Å². The number of aromatic nitrogens is 1. The molecule has 0 unspecified atom stereocenters. The molecule has 1 aliphatic rings. The molecule has 5 rings (SSSR count). The van der Waals surface area contributed by atoms with E-state index in [1.165, 1.54) is 5.56 Å². The minimum Gasteiger partial charge on any atom is -0.481 e. The molecule has 0 saturated heterocycles. The van der Waals surface area contributed by atoms with Gasteiger partial charge in [-0.25, -0.2) is 0 Å². The van der Waals surface area contributed by atoms with Gasteiger partial charge in [-0.2, -0.15) is 0 Å². The molecule has 1 aromatic heterocycles. The Morgan fingerprint density at radius 3 is 2.59 bits per heavy atom. The number of hydrogen-bond donors (Lipinski definition) is 1. The molecular formula is C33H33N3O3. The summed E-state index contributed by atoms with van der Waals surface area (Å²) in [5.74, 6) is 0.423. The van der Waals surface area contributed by atoms with Gasteiger partial charge < -0.3 is 15.0 Å². The fraction of sp³-hybridized carbons (Fsp3) is 0.242. The number of hydrogen-bond acceptors (Lipinski definition) is 4. The van der Waals surface area contributed by atoms with Crippen LogP contribution in [-0.4, -0.2) is 40.9 Å². The van der Waals surface area contributed by atoms with Crippen molar-refractivity contribution in [2.45, 2.75) is 38.8 Å². The first-order valence-corrected chi connectivity index (χ1v) is 13.4. The van der Waals surface area contributed by atoms with Crippen LogP contribution >= 0.6 is 0 Å². The van der Waals surface area contributed by atoms with Crippen LogP contribution in [-0.2, 0) is 17.6 Å². The maximum absolute atomic E-state index is 13.7. The van der Waals surface area contributed by atoms with Crippen LogP contribution in [0.1, 0.15) is 51.3 Å². The van der Waals surface area contributed by atoms with Crippen LogP contribution in [0.15, 0.2) is 97.2 Å². The number of ether oxygens (including phenoxy) is 1. The fourth-order valence-electron chi connectivity index (χ4n) is 5.09. The Labute approximate surface area is 229 Å². The van der Waals surface area contributed by atoms with Crippen LogP contribution in [0.25, 0.3) is 0 Å². The number of nitrogens with zero attached hydrogens (tertiary/aromatic N) is 2. The lowest BCUT2D eigenvalue weighted by molar-refractivity contribution is -0.127. The highest BCUT2D eigenvalue weighted by Gasteiger charge is 2.33. The average Bonchev–Trinajstić information content (AvgIpc) is 2.97. The van der Waals surface area contributed by atoms with E-state index in [9.17, 15) is 9.59 Å². The summed E-state index contributed by atoms with van der Waals surface area (Å²) in [6.45, 7) is 4.91. The number of amides is 2. The highest BCUT2D eigenvalue weighted by molar-refractivity contribution is 5.95. The standard InChI is InChI=1S/C33H33N3O3/c1-23-9-8-12-27(21-23)31-30-22-29(39-24(2)32(37)35-19-16-28-13-6-7-18-34-28)15-14-25(30)17-20-36(31)33(38)26-10-4-3-5-11-26/h3-15,18,21-22,24,31H,16-17,19-20H2,1-2H3,(H,35,37)/t24-,31+/m1/s1. The van der Waals surface area contributed by atoms with Crippen LogP contribution in [0.2, 0.25) is 0 Å². The van der Waals surface area contributed by atoms with Crippen molar-refractivity contribution in [3.63, 3.8) is 0 Å². The van der Waals surface area contributed by atoms with E-state index in [2.05, 4.69) is 41.5 Å². The fourth-order valence-corrected chi connectivity index (χ4v) is 5.09. The minimum atomic E-state index is -0.671. The Morgan fingerprint density at radius 1 is 1.00 bits per heavy atom. The summed E-state index contributed by atoms with van der Waals surface area (Å²) in [6, 6.07) is 29.2. The number of fused-ring (bicyclic) bond motifs is 1. The lowest BCUT2D eigenvalue weighted by Gasteiger charge is -2.38. The lowest BCUT2D eigenvalue weighted by Crippen LogP contribution is -2.41. The SMILES string of the molecule is Cc1cccc([C@H]2c3cc(O[C@H](C)C(=O)NCCc4ccccn4)ccc3CCN2C(=O)c2ccccc2)c1. The molecule has 0 radical (unpaired) electrons. The predicted octanol–water partition coefficient (Wildman–Crippen LogP) is 5.30. The third-order valence-corrected chi connectivity index (χ3v) is 7.07. The topological polar surface area (TPSA) is 71.5 Å². The Kier molecular flexibility index (Phi) is 8.02. The van der Waals surface area contributed by atoms with E-state index in [1.807, 2.05) is 71.6 Å². The van der Waals surface area contributed by atoms with Crippen molar-refractivity contribution in [2.75, 3.05) is 13.1 Å². The lowest BCUT2D eigenvalue weighted by atomic mass is 9.87. The van der Waals surface area contributed by atoms with Crippen molar-refractivity contribution in [2.24, 2.45) is 0 Å². The van der Waals surface area contributed by atoms with Crippen molar-refractivity contribution in [3.05, 3.63) is 131 Å². The van der Waals surface area contributed by atoms with Gasteiger partial charge in [0.15, 0.2) is 6.10 Å². The first-order valence-electron chi connectivity index (χ1n) is 13.4. The van der Waals surface area contributed by atoms with Crippen LogP contribution in [0.5, 0.6) is 5.75 Å². The molecule has 6 heteroatoms. The van der Waals surface area contributed by atoms with E-state index < -0.39 is 6.10 Å². The zero-order valence-corrected chi connectivity index (χ0v) is 22.3. The van der Waals surface area contributed by atoms with Crippen molar-refractivity contribution < 1.29 is 14.3 Å². The van der Waals surface area contributed by atoms with Crippen LogP contribution in [0, 0.1) is 6.92 Å². The van der Waals surface area contributed by atoms with Crippen LogP contribution in [0.4, 0.5) is 0 Å². The quantitative estimate of drug-likeness (QED) is 0.343. The summed E-state index contributed by atoms with van der Waals surface area (Å²) in [7, 11) is 0. The normalized spacial score (nSPS) is 15.2. The number of rotatable bonds is 8. The minimum absolute atomic E-state index is 0.000251. The third kappa shape index (κ3) is 6.17. The second kappa shape index (κ2) is 11.9. The van der Waals surface area contributed by atoms with Crippen LogP contribution in [0.3, 0.4) is 0 Å². The predicted molar refractivity (Wildman–Crippen MR) is 152 cm³/mol. The van der Waals surface area contributed by atoms with E-state index in [-0.39, 0.29) is 17.9 Å². The second-order valence-corrected chi connectivity index (χ2v) is 9.91. The number of carbonyl (C=O) groups excluding carboxylic acids is 2. The van der Waals surface area contributed by atoms with Crippen molar-refractivity contribution in [1.29, 1.82) is 0 Å². The molecule has 198 valence electrons. The molecule has 6 nitrogen and oxygen atoms in total. The summed E-state index contributed by atoms with van der Waals surface area (Å²) in [5.41, 5.74) is 5.99. The molecule has 39 heavy (non-hydrogen) atoms. The molecule has 2 amide bonds. The first-order chi connectivity index (χ1) is 19.0. The third-order valence-electron chi connectivity index (χ3n) is 7.07. The van der Waals surface area contributed by atoms with Gasteiger partial charge in [0.25, 0.3) is 11.8 Å². The summed E-state index contributed by atoms with van der Waals surface area (Å²) < 4.78 is 6.10. The maximum atomic E-state index is 13.7. The van der Waals surface area contributed by atoms with Gasteiger partial charge in [-0.1, -0.05) is 60.2 Å². The molecule has 0 aliphatic carbocycles. The van der Waals surface area contributed by atoms with Gasteiger partial charge in [-0.3, -0.25) is 14.6 Å². The highest BCUT2D eigenvalue weighted by atomic mass is 16.5. The summed E-state index contributed by atoms with van der Waals surface area (Å²) in [4.78, 5) is 32.7. The molecule has 4 aromatic rings. The van der Waals surface area contributed by atoms with E-state index in [0.29, 0.717) is 30.8 Å². The number of nitrogens with one attached hydrogen (secondary N) is 1. The molecule has 0 fully saturated rings. The number of aryl methyl sites for hydroxylation is 1. The van der Waals surface area contributed by atoms with E-state index in [0.717, 1.165) is 28.8 Å². The highest BCUT2D eigenvalue weighted by Crippen LogP contribution is 2.38.